The number of pyridine rings is 1. The average Bonchev–Trinajstić information content (AvgIpc) is 2.48. The van der Waals surface area contributed by atoms with Crippen molar-refractivity contribution in [3.05, 3.63) is 47.8 Å². The highest BCUT2D eigenvalue weighted by molar-refractivity contribution is 7.99. The van der Waals surface area contributed by atoms with Gasteiger partial charge in [0.2, 0.25) is 0 Å². The fourth-order valence-electron chi connectivity index (χ4n) is 1.87. The predicted octanol–water partition coefficient (Wildman–Crippen LogP) is 3.73. The molecule has 0 fully saturated rings. The highest BCUT2D eigenvalue weighted by atomic mass is 32.2. The van der Waals surface area contributed by atoms with Gasteiger partial charge in [0, 0.05) is 16.8 Å². The molecule has 2 aromatic rings. The Balaban J connectivity index is 2.19. The summed E-state index contributed by atoms with van der Waals surface area (Å²) in [5.74, 6) is 0.851. The SMILES string of the molecule is CCCSc1ccc(N)c(NC(=O)c2cccnc2C)c1. The van der Waals surface area contributed by atoms with E-state index in [0.717, 1.165) is 17.1 Å². The van der Waals surface area contributed by atoms with Crippen molar-refractivity contribution in [2.24, 2.45) is 0 Å². The van der Waals surface area contributed by atoms with Crippen LogP contribution in [0.15, 0.2) is 41.4 Å². The first-order valence-corrected chi connectivity index (χ1v) is 7.85. The number of nitrogens with one attached hydrogen (secondary N) is 1. The van der Waals surface area contributed by atoms with Crippen molar-refractivity contribution in [2.75, 3.05) is 16.8 Å². The smallest absolute Gasteiger partial charge is 0.257 e. The minimum Gasteiger partial charge on any atom is -0.397 e. The first-order chi connectivity index (χ1) is 10.1. The summed E-state index contributed by atoms with van der Waals surface area (Å²) in [6, 6.07) is 9.21. The van der Waals surface area contributed by atoms with Crippen molar-refractivity contribution >= 4 is 29.0 Å². The Bertz CT molecular complexity index is 643. The van der Waals surface area contributed by atoms with E-state index >= 15 is 0 Å². The van der Waals surface area contributed by atoms with Gasteiger partial charge in [-0.1, -0.05) is 6.92 Å². The molecule has 1 aromatic carbocycles. The van der Waals surface area contributed by atoms with Gasteiger partial charge in [-0.15, -0.1) is 11.8 Å². The molecule has 0 radical (unpaired) electrons. The van der Waals surface area contributed by atoms with Crippen molar-refractivity contribution < 1.29 is 4.79 Å². The summed E-state index contributed by atoms with van der Waals surface area (Å²) in [7, 11) is 0. The van der Waals surface area contributed by atoms with Gasteiger partial charge in [0.05, 0.1) is 16.9 Å². The molecule has 1 amide bonds. The van der Waals surface area contributed by atoms with Gasteiger partial charge in [-0.05, 0) is 49.4 Å². The van der Waals surface area contributed by atoms with E-state index < -0.39 is 0 Å². The number of thioether (sulfide) groups is 1. The van der Waals surface area contributed by atoms with Crippen LogP contribution in [0.3, 0.4) is 0 Å². The molecule has 0 saturated heterocycles. The highest BCUT2D eigenvalue weighted by Gasteiger charge is 2.11. The second kappa shape index (κ2) is 7.13. The maximum atomic E-state index is 12.3. The van der Waals surface area contributed by atoms with Gasteiger partial charge in [-0.2, -0.15) is 0 Å². The molecule has 5 heteroatoms. The Labute approximate surface area is 129 Å². The summed E-state index contributed by atoms with van der Waals surface area (Å²) >= 11 is 1.75. The number of rotatable bonds is 5. The van der Waals surface area contributed by atoms with E-state index in [4.69, 9.17) is 5.73 Å². The number of aryl methyl sites for hydroxylation is 1. The van der Waals surface area contributed by atoms with E-state index in [-0.39, 0.29) is 5.91 Å². The van der Waals surface area contributed by atoms with Crippen LogP contribution in [0.1, 0.15) is 29.4 Å². The van der Waals surface area contributed by atoms with Crippen LogP contribution in [0, 0.1) is 6.92 Å². The van der Waals surface area contributed by atoms with Crippen LogP contribution >= 0.6 is 11.8 Å². The fourth-order valence-corrected chi connectivity index (χ4v) is 2.67. The Morgan fingerprint density at radius 2 is 2.19 bits per heavy atom. The maximum absolute atomic E-state index is 12.3. The molecule has 2 rings (SSSR count). The normalized spacial score (nSPS) is 10.4. The zero-order chi connectivity index (χ0) is 15.2. The summed E-state index contributed by atoms with van der Waals surface area (Å²) in [6.45, 7) is 3.95. The molecule has 1 heterocycles. The van der Waals surface area contributed by atoms with Crippen molar-refractivity contribution in [3.8, 4) is 0 Å². The number of nitrogens with two attached hydrogens (primary N) is 1. The van der Waals surface area contributed by atoms with Crippen LogP contribution in [0.25, 0.3) is 0 Å². The second-order valence-electron chi connectivity index (χ2n) is 4.69. The van der Waals surface area contributed by atoms with Crippen molar-refractivity contribution in [1.29, 1.82) is 0 Å². The number of benzene rings is 1. The molecule has 0 aliphatic rings. The molecule has 110 valence electrons. The van der Waals surface area contributed by atoms with E-state index in [1.807, 2.05) is 25.1 Å². The molecular formula is C16H19N3OS. The zero-order valence-electron chi connectivity index (χ0n) is 12.2. The third kappa shape index (κ3) is 3.98. The molecule has 0 saturated carbocycles. The molecule has 3 N–H and O–H groups in total. The minimum absolute atomic E-state index is 0.190. The summed E-state index contributed by atoms with van der Waals surface area (Å²) in [5.41, 5.74) is 8.40. The van der Waals surface area contributed by atoms with E-state index in [0.29, 0.717) is 22.6 Å². The van der Waals surface area contributed by atoms with Gasteiger partial charge < -0.3 is 11.1 Å². The number of hydrogen-bond acceptors (Lipinski definition) is 4. The third-order valence-corrected chi connectivity index (χ3v) is 4.20. The van der Waals surface area contributed by atoms with Gasteiger partial charge in [-0.3, -0.25) is 9.78 Å². The largest absolute Gasteiger partial charge is 0.397 e. The van der Waals surface area contributed by atoms with Gasteiger partial charge in [-0.25, -0.2) is 0 Å². The summed E-state index contributed by atoms with van der Waals surface area (Å²) in [6.07, 6.45) is 2.77. The molecule has 1 aromatic heterocycles. The summed E-state index contributed by atoms with van der Waals surface area (Å²) < 4.78 is 0. The van der Waals surface area contributed by atoms with Gasteiger partial charge in [0.25, 0.3) is 5.91 Å². The molecule has 0 atom stereocenters. The van der Waals surface area contributed by atoms with Crippen molar-refractivity contribution in [2.45, 2.75) is 25.2 Å². The van der Waals surface area contributed by atoms with Gasteiger partial charge >= 0.3 is 0 Å². The monoisotopic (exact) mass is 301 g/mol. The van der Waals surface area contributed by atoms with Crippen LogP contribution in [0.2, 0.25) is 0 Å². The minimum atomic E-state index is -0.190. The molecule has 0 spiro atoms. The van der Waals surface area contributed by atoms with Crippen molar-refractivity contribution in [1.82, 2.24) is 4.98 Å². The number of nitrogen functional groups attached to an aromatic ring is 1. The van der Waals surface area contributed by atoms with Crippen LogP contribution in [-0.2, 0) is 0 Å². The standard InChI is InChI=1S/C16H19N3OS/c1-3-9-21-12-6-7-14(17)15(10-12)19-16(20)13-5-4-8-18-11(13)2/h4-8,10H,3,9,17H2,1-2H3,(H,19,20). The predicted molar refractivity (Wildman–Crippen MR) is 88.8 cm³/mol. The van der Waals surface area contributed by atoms with Crippen LogP contribution in [0.5, 0.6) is 0 Å². The topological polar surface area (TPSA) is 68.0 Å². The lowest BCUT2D eigenvalue weighted by molar-refractivity contribution is 0.102. The summed E-state index contributed by atoms with van der Waals surface area (Å²) in [4.78, 5) is 17.5. The zero-order valence-corrected chi connectivity index (χ0v) is 13.0. The number of anilines is 2. The highest BCUT2D eigenvalue weighted by Crippen LogP contribution is 2.27. The van der Waals surface area contributed by atoms with Crippen molar-refractivity contribution in [3.63, 3.8) is 0 Å². The van der Waals surface area contributed by atoms with Crippen LogP contribution < -0.4 is 11.1 Å². The Morgan fingerprint density at radius 3 is 2.90 bits per heavy atom. The quantitative estimate of drug-likeness (QED) is 0.652. The molecule has 0 unspecified atom stereocenters. The molecule has 0 bridgehead atoms. The lowest BCUT2D eigenvalue weighted by Gasteiger charge is -2.11. The second-order valence-corrected chi connectivity index (χ2v) is 5.86. The van der Waals surface area contributed by atoms with E-state index in [1.165, 1.54) is 0 Å². The Kier molecular flexibility index (Phi) is 5.22. The van der Waals surface area contributed by atoms with E-state index in [1.54, 1.807) is 30.1 Å². The number of aromatic nitrogens is 1. The fraction of sp³-hybridized carbons (Fsp3) is 0.250. The molecule has 0 aliphatic carbocycles. The average molecular weight is 301 g/mol. The van der Waals surface area contributed by atoms with Gasteiger partial charge in [0.1, 0.15) is 0 Å². The Hall–Kier alpha value is -2.01. The van der Waals surface area contributed by atoms with Crippen LogP contribution in [0.4, 0.5) is 11.4 Å². The third-order valence-electron chi connectivity index (χ3n) is 3.00. The maximum Gasteiger partial charge on any atom is 0.257 e. The van der Waals surface area contributed by atoms with Crippen LogP contribution in [-0.4, -0.2) is 16.6 Å². The lowest BCUT2D eigenvalue weighted by Crippen LogP contribution is -2.15. The first kappa shape index (κ1) is 15.4. The lowest BCUT2D eigenvalue weighted by atomic mass is 10.2. The number of amides is 1. The molecule has 4 nitrogen and oxygen atoms in total. The van der Waals surface area contributed by atoms with E-state index in [2.05, 4.69) is 17.2 Å². The number of hydrogen-bond donors (Lipinski definition) is 2. The number of carbonyl (C=O) groups excluding carboxylic acids is 1. The van der Waals surface area contributed by atoms with E-state index in [9.17, 15) is 4.79 Å². The first-order valence-electron chi connectivity index (χ1n) is 6.87. The molecular weight excluding hydrogens is 282 g/mol. The molecule has 0 aliphatic heterocycles. The number of carbonyl (C=O) groups is 1. The Morgan fingerprint density at radius 1 is 1.38 bits per heavy atom. The number of nitrogens with zero attached hydrogens (tertiary/aromatic N) is 1. The molecule has 21 heavy (non-hydrogen) atoms. The summed E-state index contributed by atoms with van der Waals surface area (Å²) in [5, 5.41) is 2.87. The van der Waals surface area contributed by atoms with Gasteiger partial charge in [0.15, 0.2) is 0 Å².